The molecular weight excluding hydrogens is 250 g/mol. The fourth-order valence-corrected chi connectivity index (χ4v) is 2.13. The number of imidazole rings is 1. The first-order valence-corrected chi connectivity index (χ1v) is 6.43. The third-order valence-corrected chi connectivity index (χ3v) is 3.16. The minimum atomic E-state index is 0.421. The largest absolute Gasteiger partial charge is 0.497 e. The van der Waals surface area contributed by atoms with Crippen LogP contribution in [0.25, 0.3) is 11.0 Å². The van der Waals surface area contributed by atoms with Crippen LogP contribution in [0.5, 0.6) is 5.75 Å². The van der Waals surface area contributed by atoms with Gasteiger partial charge in [-0.25, -0.2) is 4.98 Å². The second kappa shape index (κ2) is 5.59. The van der Waals surface area contributed by atoms with E-state index in [1.54, 1.807) is 7.11 Å². The quantitative estimate of drug-likeness (QED) is 0.779. The van der Waals surface area contributed by atoms with E-state index in [1.807, 2.05) is 18.2 Å². The van der Waals surface area contributed by atoms with Crippen LogP contribution in [0.1, 0.15) is 5.82 Å². The molecule has 1 aromatic heterocycles. The Morgan fingerprint density at radius 3 is 2.78 bits per heavy atom. The number of aromatic nitrogens is 2. The third kappa shape index (κ3) is 2.60. The summed E-state index contributed by atoms with van der Waals surface area (Å²) in [6.45, 7) is 1.82. The summed E-state index contributed by atoms with van der Waals surface area (Å²) in [6, 6.07) is 5.90. The lowest BCUT2D eigenvalue weighted by Gasteiger charge is -2.12. The molecule has 0 saturated heterocycles. The number of nitrogens with zero attached hydrogens (tertiary/aromatic N) is 3. The first kappa shape index (κ1) is 13.2. The molecule has 0 N–H and O–H groups in total. The van der Waals surface area contributed by atoms with Crippen molar-refractivity contribution in [2.75, 3.05) is 27.7 Å². The van der Waals surface area contributed by atoms with Crippen LogP contribution < -0.4 is 4.74 Å². The summed E-state index contributed by atoms with van der Waals surface area (Å²) in [7, 11) is 5.78. The summed E-state index contributed by atoms with van der Waals surface area (Å²) in [4.78, 5) is 6.68. The summed E-state index contributed by atoms with van der Waals surface area (Å²) in [5.41, 5.74) is 2.04. The Balaban J connectivity index is 2.45. The van der Waals surface area contributed by atoms with E-state index < -0.39 is 0 Å². The van der Waals surface area contributed by atoms with E-state index in [0.717, 1.165) is 35.7 Å². The Kier molecular flexibility index (Phi) is 4.09. The van der Waals surface area contributed by atoms with Gasteiger partial charge in [-0.05, 0) is 26.2 Å². The van der Waals surface area contributed by atoms with Gasteiger partial charge in [0.2, 0.25) is 0 Å². The molecule has 18 heavy (non-hydrogen) atoms. The Hall–Kier alpha value is -1.26. The normalized spacial score (nSPS) is 11.4. The number of rotatable bonds is 5. The van der Waals surface area contributed by atoms with Crippen molar-refractivity contribution in [1.29, 1.82) is 0 Å². The number of fused-ring (bicyclic) bond motifs is 1. The van der Waals surface area contributed by atoms with Crippen LogP contribution in [0.4, 0.5) is 0 Å². The molecule has 0 spiro atoms. The lowest BCUT2D eigenvalue weighted by atomic mass is 10.3. The highest BCUT2D eigenvalue weighted by atomic mass is 35.5. The lowest BCUT2D eigenvalue weighted by Crippen LogP contribution is -2.19. The number of hydrogen-bond donors (Lipinski definition) is 0. The minimum absolute atomic E-state index is 0.421. The fraction of sp³-hybridized carbons (Fsp3) is 0.462. The van der Waals surface area contributed by atoms with Gasteiger partial charge in [-0.3, -0.25) is 0 Å². The molecule has 1 heterocycles. The molecular formula is C13H18ClN3O. The van der Waals surface area contributed by atoms with Gasteiger partial charge in [0.25, 0.3) is 0 Å². The molecule has 0 atom stereocenters. The summed E-state index contributed by atoms with van der Waals surface area (Å²) in [5.74, 6) is 2.17. The van der Waals surface area contributed by atoms with Crippen molar-refractivity contribution in [2.24, 2.45) is 0 Å². The van der Waals surface area contributed by atoms with Crippen LogP contribution in [0.2, 0.25) is 0 Å². The molecule has 0 fully saturated rings. The monoisotopic (exact) mass is 267 g/mol. The predicted octanol–water partition coefficient (Wildman–Crippen LogP) is 2.35. The average Bonchev–Trinajstić information content (AvgIpc) is 2.72. The van der Waals surface area contributed by atoms with Gasteiger partial charge in [0.1, 0.15) is 11.6 Å². The van der Waals surface area contributed by atoms with Gasteiger partial charge in [-0.1, -0.05) is 0 Å². The van der Waals surface area contributed by atoms with Gasteiger partial charge in [0, 0.05) is 19.2 Å². The number of alkyl halides is 1. The molecule has 2 rings (SSSR count). The fourth-order valence-electron chi connectivity index (χ4n) is 1.93. The lowest BCUT2D eigenvalue weighted by molar-refractivity contribution is 0.384. The zero-order valence-electron chi connectivity index (χ0n) is 11.0. The van der Waals surface area contributed by atoms with Crippen molar-refractivity contribution < 1.29 is 4.74 Å². The maximum atomic E-state index is 5.96. The van der Waals surface area contributed by atoms with Crippen molar-refractivity contribution in [3.8, 4) is 5.75 Å². The topological polar surface area (TPSA) is 30.3 Å². The van der Waals surface area contributed by atoms with Crippen molar-refractivity contribution in [2.45, 2.75) is 12.4 Å². The van der Waals surface area contributed by atoms with Crippen molar-refractivity contribution in [1.82, 2.24) is 14.5 Å². The van der Waals surface area contributed by atoms with Gasteiger partial charge in [0.15, 0.2) is 0 Å². The minimum Gasteiger partial charge on any atom is -0.497 e. The summed E-state index contributed by atoms with van der Waals surface area (Å²) in [6.07, 6.45) is 0. The van der Waals surface area contributed by atoms with Crippen LogP contribution in [-0.2, 0) is 12.4 Å². The van der Waals surface area contributed by atoms with Crippen LogP contribution in [-0.4, -0.2) is 42.2 Å². The molecule has 98 valence electrons. The van der Waals surface area contributed by atoms with Crippen molar-refractivity contribution >= 4 is 22.6 Å². The molecule has 0 unspecified atom stereocenters. The maximum absolute atomic E-state index is 5.96. The predicted molar refractivity (Wildman–Crippen MR) is 74.4 cm³/mol. The number of methoxy groups -OCH3 is 1. The number of likely N-dealkylation sites (N-methyl/N-ethyl adjacent to an activating group) is 1. The number of ether oxygens (including phenoxy) is 1. The molecule has 4 nitrogen and oxygen atoms in total. The highest BCUT2D eigenvalue weighted by molar-refractivity contribution is 6.16. The molecule has 0 saturated carbocycles. The standard InChI is InChI=1S/C13H18ClN3O/c1-16(2)6-7-17-12-8-10(18-3)4-5-11(12)15-13(17)9-14/h4-5,8H,6-7,9H2,1-3H3. The molecule has 0 aliphatic heterocycles. The molecule has 0 aliphatic rings. The molecule has 0 bridgehead atoms. The smallest absolute Gasteiger partial charge is 0.124 e. The van der Waals surface area contributed by atoms with Crippen molar-refractivity contribution in [3.63, 3.8) is 0 Å². The Morgan fingerprint density at radius 2 is 2.17 bits per heavy atom. The van der Waals surface area contributed by atoms with E-state index in [4.69, 9.17) is 16.3 Å². The first-order valence-electron chi connectivity index (χ1n) is 5.89. The van der Waals surface area contributed by atoms with E-state index in [1.165, 1.54) is 0 Å². The summed E-state index contributed by atoms with van der Waals surface area (Å²) < 4.78 is 7.42. The SMILES string of the molecule is COc1ccc2nc(CCl)n(CCN(C)C)c2c1. The van der Waals surface area contributed by atoms with Crippen LogP contribution in [0, 0.1) is 0 Å². The van der Waals surface area contributed by atoms with Crippen LogP contribution in [0.3, 0.4) is 0 Å². The van der Waals surface area contributed by atoms with Gasteiger partial charge in [0.05, 0.1) is 24.0 Å². The number of halogens is 1. The van der Waals surface area contributed by atoms with Crippen LogP contribution in [0.15, 0.2) is 18.2 Å². The first-order chi connectivity index (χ1) is 8.65. The van der Waals surface area contributed by atoms with Gasteiger partial charge >= 0.3 is 0 Å². The summed E-state index contributed by atoms with van der Waals surface area (Å²) in [5, 5.41) is 0. The highest BCUT2D eigenvalue weighted by Gasteiger charge is 2.10. The maximum Gasteiger partial charge on any atom is 0.124 e. The summed E-state index contributed by atoms with van der Waals surface area (Å²) >= 11 is 5.96. The van der Waals surface area contributed by atoms with E-state index in [-0.39, 0.29) is 0 Å². The number of benzene rings is 1. The van der Waals surface area contributed by atoms with E-state index in [9.17, 15) is 0 Å². The van der Waals surface area contributed by atoms with E-state index in [2.05, 4.69) is 28.5 Å². The highest BCUT2D eigenvalue weighted by Crippen LogP contribution is 2.22. The zero-order valence-corrected chi connectivity index (χ0v) is 11.7. The molecule has 1 aromatic carbocycles. The van der Waals surface area contributed by atoms with E-state index >= 15 is 0 Å². The third-order valence-electron chi connectivity index (χ3n) is 2.92. The average molecular weight is 268 g/mol. The second-order valence-corrected chi connectivity index (χ2v) is 4.74. The molecule has 0 amide bonds. The van der Waals surface area contributed by atoms with Gasteiger partial charge < -0.3 is 14.2 Å². The molecule has 0 radical (unpaired) electrons. The Bertz CT molecular complexity index is 536. The zero-order chi connectivity index (χ0) is 13.1. The second-order valence-electron chi connectivity index (χ2n) is 4.47. The van der Waals surface area contributed by atoms with Gasteiger partial charge in [-0.15, -0.1) is 11.6 Å². The molecule has 0 aliphatic carbocycles. The van der Waals surface area contributed by atoms with Crippen molar-refractivity contribution in [3.05, 3.63) is 24.0 Å². The van der Waals surface area contributed by atoms with Crippen LogP contribution >= 0.6 is 11.6 Å². The Morgan fingerprint density at radius 1 is 1.39 bits per heavy atom. The van der Waals surface area contributed by atoms with Gasteiger partial charge in [-0.2, -0.15) is 0 Å². The Labute approximate surface area is 112 Å². The van der Waals surface area contributed by atoms with E-state index in [0.29, 0.717) is 5.88 Å². The number of hydrogen-bond acceptors (Lipinski definition) is 3. The molecule has 5 heteroatoms. The molecule has 2 aromatic rings.